The summed E-state index contributed by atoms with van der Waals surface area (Å²) in [7, 11) is -3.33. The van der Waals surface area contributed by atoms with Crippen LogP contribution in [-0.4, -0.2) is 26.6 Å². The number of sulfonamides is 1. The molecule has 1 aliphatic rings. The first-order valence-electron chi connectivity index (χ1n) is 9.01. The summed E-state index contributed by atoms with van der Waals surface area (Å²) in [5.41, 5.74) is 4.06. The van der Waals surface area contributed by atoms with Crippen molar-refractivity contribution in [1.29, 1.82) is 0 Å². The number of anilines is 2. The van der Waals surface area contributed by atoms with E-state index in [1.165, 1.54) is 16.1 Å². The second-order valence-corrected chi connectivity index (χ2v) is 10.1. The Labute approximate surface area is 161 Å². The van der Waals surface area contributed by atoms with E-state index in [4.69, 9.17) is 0 Å². The fourth-order valence-corrected chi connectivity index (χ4v) is 4.77. The molecule has 1 atom stereocenters. The fourth-order valence-electron chi connectivity index (χ4n) is 3.51. The maximum absolute atomic E-state index is 12.6. The first kappa shape index (κ1) is 19.4. The van der Waals surface area contributed by atoms with E-state index in [1.807, 2.05) is 31.2 Å². The molecular weight excluding hydrogens is 360 g/mol. The van der Waals surface area contributed by atoms with E-state index in [1.54, 1.807) is 18.2 Å². The SMILES string of the molecule is C[C@@H]1Cc2cc(C(=O)Nc3ccc(C(C)(C)C)cc3)ccc2N1S(C)(=O)=O. The molecule has 0 bridgehead atoms. The molecule has 0 fully saturated rings. The van der Waals surface area contributed by atoms with Gasteiger partial charge in [0, 0.05) is 17.3 Å². The molecule has 0 spiro atoms. The van der Waals surface area contributed by atoms with Crippen LogP contribution >= 0.6 is 0 Å². The highest BCUT2D eigenvalue weighted by atomic mass is 32.2. The molecule has 5 nitrogen and oxygen atoms in total. The summed E-state index contributed by atoms with van der Waals surface area (Å²) in [4.78, 5) is 12.6. The van der Waals surface area contributed by atoms with E-state index >= 15 is 0 Å². The lowest BCUT2D eigenvalue weighted by Crippen LogP contribution is -2.34. The molecule has 0 saturated carbocycles. The van der Waals surface area contributed by atoms with E-state index < -0.39 is 10.0 Å². The van der Waals surface area contributed by atoms with E-state index in [-0.39, 0.29) is 17.4 Å². The van der Waals surface area contributed by atoms with Crippen LogP contribution in [0.4, 0.5) is 11.4 Å². The van der Waals surface area contributed by atoms with Crippen molar-refractivity contribution in [3.8, 4) is 0 Å². The number of carbonyl (C=O) groups excluding carboxylic acids is 1. The largest absolute Gasteiger partial charge is 0.322 e. The molecule has 6 heteroatoms. The summed E-state index contributed by atoms with van der Waals surface area (Å²) in [5, 5.41) is 2.91. The third kappa shape index (κ3) is 4.00. The van der Waals surface area contributed by atoms with Gasteiger partial charge in [-0.2, -0.15) is 0 Å². The molecule has 144 valence electrons. The van der Waals surface area contributed by atoms with Gasteiger partial charge in [-0.15, -0.1) is 0 Å². The first-order chi connectivity index (χ1) is 12.5. The Morgan fingerprint density at radius 1 is 1.11 bits per heavy atom. The summed E-state index contributed by atoms with van der Waals surface area (Å²) in [6.07, 6.45) is 1.81. The number of fused-ring (bicyclic) bond motifs is 1. The first-order valence-corrected chi connectivity index (χ1v) is 10.9. The molecule has 2 aromatic carbocycles. The van der Waals surface area contributed by atoms with Gasteiger partial charge in [0.25, 0.3) is 5.91 Å². The predicted molar refractivity (Wildman–Crippen MR) is 110 cm³/mol. The van der Waals surface area contributed by atoms with Crippen LogP contribution in [0.3, 0.4) is 0 Å². The molecule has 2 aromatic rings. The highest BCUT2D eigenvalue weighted by molar-refractivity contribution is 7.92. The summed E-state index contributed by atoms with van der Waals surface area (Å²) < 4.78 is 25.4. The molecule has 1 aliphatic heterocycles. The predicted octanol–water partition coefficient (Wildman–Crippen LogP) is 3.95. The van der Waals surface area contributed by atoms with Gasteiger partial charge in [0.15, 0.2) is 0 Å². The van der Waals surface area contributed by atoms with Gasteiger partial charge in [-0.05, 0) is 60.2 Å². The zero-order chi connectivity index (χ0) is 20.0. The van der Waals surface area contributed by atoms with Crippen molar-refractivity contribution in [3.63, 3.8) is 0 Å². The Bertz CT molecular complexity index is 973. The minimum atomic E-state index is -3.33. The van der Waals surface area contributed by atoms with Crippen LogP contribution in [0.5, 0.6) is 0 Å². The van der Waals surface area contributed by atoms with E-state index in [2.05, 4.69) is 26.1 Å². The minimum absolute atomic E-state index is 0.0602. The Hall–Kier alpha value is -2.34. The molecule has 0 radical (unpaired) electrons. The molecule has 1 heterocycles. The maximum atomic E-state index is 12.6. The van der Waals surface area contributed by atoms with Crippen molar-refractivity contribution in [2.75, 3.05) is 15.9 Å². The summed E-state index contributed by atoms with van der Waals surface area (Å²) in [6.45, 7) is 8.31. The molecule has 0 aliphatic carbocycles. The molecule has 0 aromatic heterocycles. The van der Waals surface area contributed by atoms with Crippen LogP contribution in [0.25, 0.3) is 0 Å². The highest BCUT2D eigenvalue weighted by Crippen LogP contribution is 2.34. The summed E-state index contributed by atoms with van der Waals surface area (Å²) >= 11 is 0. The quantitative estimate of drug-likeness (QED) is 0.869. The smallest absolute Gasteiger partial charge is 0.255 e. The number of rotatable bonds is 3. The van der Waals surface area contributed by atoms with Crippen molar-refractivity contribution < 1.29 is 13.2 Å². The van der Waals surface area contributed by atoms with Crippen LogP contribution < -0.4 is 9.62 Å². The van der Waals surface area contributed by atoms with Crippen LogP contribution in [0.15, 0.2) is 42.5 Å². The van der Waals surface area contributed by atoms with Gasteiger partial charge < -0.3 is 5.32 Å². The molecule has 1 N–H and O–H groups in total. The lowest BCUT2D eigenvalue weighted by molar-refractivity contribution is 0.102. The monoisotopic (exact) mass is 386 g/mol. The second kappa shape index (κ2) is 6.68. The fraction of sp³-hybridized carbons (Fsp3) is 0.381. The van der Waals surface area contributed by atoms with Gasteiger partial charge in [0.05, 0.1) is 11.9 Å². The standard InChI is InChI=1S/C21H26N2O3S/c1-14-12-16-13-15(6-11-19(16)23(14)27(5,25)26)20(24)22-18-9-7-17(8-10-18)21(2,3)4/h6-11,13-14H,12H2,1-5H3,(H,22,24)/t14-/m1/s1. The minimum Gasteiger partial charge on any atom is -0.322 e. The van der Waals surface area contributed by atoms with E-state index in [9.17, 15) is 13.2 Å². The molecule has 1 amide bonds. The lowest BCUT2D eigenvalue weighted by atomic mass is 9.87. The zero-order valence-electron chi connectivity index (χ0n) is 16.4. The Balaban J connectivity index is 1.80. The van der Waals surface area contributed by atoms with Gasteiger partial charge in [-0.1, -0.05) is 32.9 Å². The normalized spacial score (nSPS) is 16.9. The number of nitrogens with zero attached hydrogens (tertiary/aromatic N) is 1. The maximum Gasteiger partial charge on any atom is 0.255 e. The third-order valence-corrected chi connectivity index (χ3v) is 6.13. The number of nitrogens with one attached hydrogen (secondary N) is 1. The third-order valence-electron chi connectivity index (χ3n) is 4.86. The van der Waals surface area contributed by atoms with Gasteiger partial charge in [-0.3, -0.25) is 9.10 Å². The molecule has 0 saturated heterocycles. The molecule has 27 heavy (non-hydrogen) atoms. The van der Waals surface area contributed by atoms with Crippen LogP contribution in [0.2, 0.25) is 0 Å². The van der Waals surface area contributed by atoms with Crippen molar-refractivity contribution in [2.45, 2.75) is 45.6 Å². The zero-order valence-corrected chi connectivity index (χ0v) is 17.2. The average molecular weight is 387 g/mol. The Morgan fingerprint density at radius 3 is 2.30 bits per heavy atom. The van der Waals surface area contributed by atoms with E-state index in [0.717, 1.165) is 11.3 Å². The van der Waals surface area contributed by atoms with E-state index in [0.29, 0.717) is 17.7 Å². The highest BCUT2D eigenvalue weighted by Gasteiger charge is 2.32. The van der Waals surface area contributed by atoms with Gasteiger partial charge in [0.1, 0.15) is 0 Å². The summed E-state index contributed by atoms with van der Waals surface area (Å²) in [5.74, 6) is -0.202. The van der Waals surface area contributed by atoms with Crippen molar-refractivity contribution >= 4 is 27.3 Å². The van der Waals surface area contributed by atoms with Crippen molar-refractivity contribution in [2.24, 2.45) is 0 Å². The number of carbonyl (C=O) groups is 1. The Morgan fingerprint density at radius 2 is 1.74 bits per heavy atom. The number of hydrogen-bond donors (Lipinski definition) is 1. The van der Waals surface area contributed by atoms with Crippen molar-refractivity contribution in [3.05, 3.63) is 59.2 Å². The van der Waals surface area contributed by atoms with Gasteiger partial charge >= 0.3 is 0 Å². The molecule has 0 unspecified atom stereocenters. The second-order valence-electron chi connectivity index (χ2n) is 8.24. The number of amides is 1. The van der Waals surface area contributed by atoms with Crippen molar-refractivity contribution in [1.82, 2.24) is 0 Å². The number of hydrogen-bond acceptors (Lipinski definition) is 3. The number of benzene rings is 2. The van der Waals surface area contributed by atoms with Gasteiger partial charge in [0.2, 0.25) is 10.0 Å². The van der Waals surface area contributed by atoms with Gasteiger partial charge in [-0.25, -0.2) is 8.42 Å². The van der Waals surface area contributed by atoms with Crippen LogP contribution in [-0.2, 0) is 21.9 Å². The average Bonchev–Trinajstić information content (AvgIpc) is 2.89. The molecule has 3 rings (SSSR count). The topological polar surface area (TPSA) is 66.5 Å². The van der Waals surface area contributed by atoms with Crippen LogP contribution in [0.1, 0.15) is 49.2 Å². The summed E-state index contributed by atoms with van der Waals surface area (Å²) in [6, 6.07) is 12.9. The molecular formula is C21H26N2O3S. The van der Waals surface area contributed by atoms with Crippen LogP contribution in [0, 0.1) is 0 Å². The lowest BCUT2D eigenvalue weighted by Gasteiger charge is -2.22. The Kier molecular flexibility index (Phi) is 4.80.